The summed E-state index contributed by atoms with van der Waals surface area (Å²) in [7, 11) is 0. The Balaban J connectivity index is 2.09. The average molecular weight is 421 g/mol. The van der Waals surface area contributed by atoms with E-state index in [1.807, 2.05) is 6.20 Å². The number of amides is 1. The van der Waals surface area contributed by atoms with Gasteiger partial charge < -0.3 is 4.98 Å². The number of fused-ring (bicyclic) bond motifs is 1. The number of nitrogens with zero attached hydrogens (tertiary/aromatic N) is 3. The molecule has 94 valence electrons. The third-order valence-corrected chi connectivity index (χ3v) is 4.85. The first kappa shape index (κ1) is 12.3. The largest absolute Gasteiger partial charge is 0.345 e. The Morgan fingerprint density at radius 2 is 2.39 bits per heavy atom. The number of H-pyrrole nitrogens is 1. The van der Waals surface area contributed by atoms with Gasteiger partial charge >= 0.3 is 0 Å². The number of carbonyl (C=O) groups excluding carboxylic acids is 1. The fourth-order valence-electron chi connectivity index (χ4n) is 2.20. The van der Waals surface area contributed by atoms with Crippen molar-refractivity contribution in [3.63, 3.8) is 0 Å². The van der Waals surface area contributed by atoms with Gasteiger partial charge in [-0.25, -0.2) is 9.97 Å². The van der Waals surface area contributed by atoms with Crippen LogP contribution in [0.15, 0.2) is 12.5 Å². The van der Waals surface area contributed by atoms with Gasteiger partial charge in [0.1, 0.15) is 17.8 Å². The Morgan fingerprint density at radius 3 is 3.11 bits per heavy atom. The van der Waals surface area contributed by atoms with Crippen LogP contribution in [-0.2, 0) is 4.79 Å². The van der Waals surface area contributed by atoms with Crippen LogP contribution in [0.25, 0.3) is 11.0 Å². The monoisotopic (exact) mass is 420 g/mol. The lowest BCUT2D eigenvalue weighted by Gasteiger charge is -2.16. The Labute approximate surface area is 126 Å². The normalized spacial score (nSPS) is 20.0. The summed E-state index contributed by atoms with van der Waals surface area (Å²) in [6.45, 7) is 0.720. The van der Waals surface area contributed by atoms with Gasteiger partial charge in [-0.2, -0.15) is 0 Å². The highest BCUT2D eigenvalue weighted by Crippen LogP contribution is 2.31. The van der Waals surface area contributed by atoms with Crippen molar-refractivity contribution < 1.29 is 4.79 Å². The SMILES string of the molecule is O=C1CC(CBr)CN1c1ncnc2[nH]cc(I)c12. The van der Waals surface area contributed by atoms with E-state index in [1.54, 1.807) is 4.90 Å². The van der Waals surface area contributed by atoms with E-state index in [1.165, 1.54) is 6.33 Å². The highest BCUT2D eigenvalue weighted by Gasteiger charge is 2.32. The van der Waals surface area contributed by atoms with Gasteiger partial charge in [0.05, 0.1) is 5.39 Å². The minimum absolute atomic E-state index is 0.136. The summed E-state index contributed by atoms with van der Waals surface area (Å²) in [6.07, 6.45) is 3.96. The molecular formula is C11H10BrIN4O. The molecule has 1 amide bonds. The van der Waals surface area contributed by atoms with Gasteiger partial charge in [0, 0.05) is 28.1 Å². The molecule has 18 heavy (non-hydrogen) atoms. The van der Waals surface area contributed by atoms with Crippen molar-refractivity contribution >= 4 is 61.3 Å². The van der Waals surface area contributed by atoms with Crippen molar-refractivity contribution in [2.75, 3.05) is 16.8 Å². The van der Waals surface area contributed by atoms with Crippen molar-refractivity contribution in [3.8, 4) is 0 Å². The number of halogens is 2. The number of carbonyl (C=O) groups is 1. The van der Waals surface area contributed by atoms with E-state index >= 15 is 0 Å². The predicted molar refractivity (Wildman–Crippen MR) is 80.9 cm³/mol. The second kappa shape index (κ2) is 4.76. The Bertz CT molecular complexity index is 614. The molecule has 1 unspecified atom stereocenters. The Morgan fingerprint density at radius 1 is 1.56 bits per heavy atom. The molecule has 1 aliphatic rings. The van der Waals surface area contributed by atoms with E-state index in [0.29, 0.717) is 12.3 Å². The quantitative estimate of drug-likeness (QED) is 0.599. The van der Waals surface area contributed by atoms with Crippen LogP contribution in [-0.4, -0.2) is 32.7 Å². The maximum atomic E-state index is 12.1. The van der Waals surface area contributed by atoms with Crippen LogP contribution in [0.5, 0.6) is 0 Å². The standard InChI is InChI=1S/C11H10BrIN4O/c12-2-6-1-8(18)17(4-6)11-9-7(13)3-14-10(9)15-5-16-11/h3,5-6H,1-2,4H2,(H,14,15,16). The Kier molecular flexibility index (Phi) is 3.27. The lowest BCUT2D eigenvalue weighted by atomic mass is 10.2. The van der Waals surface area contributed by atoms with Gasteiger partial charge in [0.25, 0.3) is 0 Å². The van der Waals surface area contributed by atoms with Crippen molar-refractivity contribution in [2.24, 2.45) is 5.92 Å². The molecule has 3 rings (SSSR count). The van der Waals surface area contributed by atoms with Gasteiger partial charge in [0.2, 0.25) is 5.91 Å². The Hall–Kier alpha value is -0.700. The molecule has 2 aromatic rings. The minimum atomic E-state index is 0.136. The fourth-order valence-corrected chi connectivity index (χ4v) is 3.29. The zero-order valence-corrected chi connectivity index (χ0v) is 13.1. The molecule has 2 aromatic heterocycles. The smallest absolute Gasteiger partial charge is 0.228 e. The van der Waals surface area contributed by atoms with Crippen molar-refractivity contribution in [1.29, 1.82) is 0 Å². The first-order valence-corrected chi connectivity index (χ1v) is 7.74. The van der Waals surface area contributed by atoms with Crippen LogP contribution in [0.2, 0.25) is 0 Å². The average Bonchev–Trinajstić information content (AvgIpc) is 2.93. The minimum Gasteiger partial charge on any atom is -0.345 e. The summed E-state index contributed by atoms with van der Waals surface area (Å²) in [4.78, 5) is 25.4. The van der Waals surface area contributed by atoms with Crippen LogP contribution >= 0.6 is 38.5 Å². The molecule has 5 nitrogen and oxygen atoms in total. The van der Waals surface area contributed by atoms with E-state index in [9.17, 15) is 4.79 Å². The summed E-state index contributed by atoms with van der Waals surface area (Å²) in [6, 6.07) is 0. The van der Waals surface area contributed by atoms with Gasteiger partial charge in [-0.3, -0.25) is 9.69 Å². The molecule has 1 aliphatic heterocycles. The number of aromatic nitrogens is 3. The molecule has 1 atom stereocenters. The molecule has 0 spiro atoms. The zero-order chi connectivity index (χ0) is 12.7. The summed E-state index contributed by atoms with van der Waals surface area (Å²) < 4.78 is 1.04. The van der Waals surface area contributed by atoms with Crippen LogP contribution in [0.4, 0.5) is 5.82 Å². The summed E-state index contributed by atoms with van der Waals surface area (Å²) in [5.74, 6) is 1.22. The molecule has 0 radical (unpaired) electrons. The van der Waals surface area contributed by atoms with E-state index in [0.717, 1.165) is 32.3 Å². The van der Waals surface area contributed by atoms with Crippen molar-refractivity contribution in [3.05, 3.63) is 16.1 Å². The fraction of sp³-hybridized carbons (Fsp3) is 0.364. The van der Waals surface area contributed by atoms with Gasteiger partial charge in [-0.15, -0.1) is 0 Å². The lowest BCUT2D eigenvalue weighted by Crippen LogP contribution is -2.26. The van der Waals surface area contributed by atoms with Crippen LogP contribution < -0.4 is 4.90 Å². The van der Waals surface area contributed by atoms with Crippen LogP contribution in [0, 0.1) is 9.49 Å². The van der Waals surface area contributed by atoms with E-state index in [4.69, 9.17) is 0 Å². The van der Waals surface area contributed by atoms with Gasteiger partial charge in [-0.05, 0) is 28.5 Å². The number of anilines is 1. The number of nitrogens with one attached hydrogen (secondary N) is 1. The predicted octanol–water partition coefficient (Wildman–Crippen LogP) is 2.31. The molecule has 0 bridgehead atoms. The molecule has 1 saturated heterocycles. The molecule has 0 aliphatic carbocycles. The summed E-state index contributed by atoms with van der Waals surface area (Å²) in [5, 5.41) is 1.77. The maximum Gasteiger partial charge on any atom is 0.228 e. The van der Waals surface area contributed by atoms with Crippen LogP contribution in [0.3, 0.4) is 0 Å². The first-order chi connectivity index (χ1) is 8.70. The topological polar surface area (TPSA) is 61.9 Å². The van der Waals surface area contributed by atoms with E-state index in [2.05, 4.69) is 53.5 Å². The molecule has 1 N–H and O–H groups in total. The molecule has 1 fully saturated rings. The maximum absolute atomic E-state index is 12.1. The number of hydrogen-bond donors (Lipinski definition) is 1. The molecule has 3 heterocycles. The molecular weight excluding hydrogens is 411 g/mol. The van der Waals surface area contributed by atoms with Gasteiger partial charge in [0.15, 0.2) is 0 Å². The highest BCUT2D eigenvalue weighted by atomic mass is 127. The van der Waals surface area contributed by atoms with Crippen molar-refractivity contribution in [2.45, 2.75) is 6.42 Å². The second-order valence-electron chi connectivity index (χ2n) is 4.29. The summed E-state index contributed by atoms with van der Waals surface area (Å²) in [5.41, 5.74) is 0.777. The number of hydrogen-bond acceptors (Lipinski definition) is 3. The van der Waals surface area contributed by atoms with E-state index in [-0.39, 0.29) is 5.91 Å². The molecule has 0 aromatic carbocycles. The first-order valence-electron chi connectivity index (χ1n) is 5.54. The third-order valence-electron chi connectivity index (χ3n) is 3.08. The van der Waals surface area contributed by atoms with Crippen LogP contribution in [0.1, 0.15) is 6.42 Å². The molecule has 7 heteroatoms. The van der Waals surface area contributed by atoms with Gasteiger partial charge in [-0.1, -0.05) is 15.9 Å². The van der Waals surface area contributed by atoms with Crippen molar-refractivity contribution in [1.82, 2.24) is 15.0 Å². The lowest BCUT2D eigenvalue weighted by molar-refractivity contribution is -0.117. The second-order valence-corrected chi connectivity index (χ2v) is 6.10. The third kappa shape index (κ3) is 1.93. The highest BCUT2D eigenvalue weighted by molar-refractivity contribution is 14.1. The number of rotatable bonds is 2. The molecule has 0 saturated carbocycles. The number of alkyl halides is 1. The zero-order valence-electron chi connectivity index (χ0n) is 9.36. The van der Waals surface area contributed by atoms with E-state index < -0.39 is 0 Å². The summed E-state index contributed by atoms with van der Waals surface area (Å²) >= 11 is 5.67. The number of aromatic amines is 1.